The maximum atomic E-state index is 6.15. The van der Waals surface area contributed by atoms with Gasteiger partial charge in [-0.1, -0.05) is 61.5 Å². The summed E-state index contributed by atoms with van der Waals surface area (Å²) in [6.07, 6.45) is 12.1. The van der Waals surface area contributed by atoms with E-state index >= 15 is 0 Å². The predicted molar refractivity (Wildman–Crippen MR) is 144 cm³/mol. The Bertz CT molecular complexity index is 762. The molecule has 3 heteroatoms. The van der Waals surface area contributed by atoms with Crippen molar-refractivity contribution in [3.63, 3.8) is 0 Å². The molecule has 2 aliphatic rings. The normalized spacial score (nSPS) is 21.2. The topological polar surface area (TPSA) is 18.5 Å². The van der Waals surface area contributed by atoms with Crippen LogP contribution in [0.15, 0.2) is 6.07 Å². The van der Waals surface area contributed by atoms with Gasteiger partial charge in [-0.05, 0) is 114 Å². The second kappa shape index (κ2) is 9.69. The maximum absolute atomic E-state index is 6.15. The van der Waals surface area contributed by atoms with Gasteiger partial charge in [0.2, 0.25) is 0 Å². The lowest BCUT2D eigenvalue weighted by molar-refractivity contribution is 0.273. The van der Waals surface area contributed by atoms with E-state index < -0.39 is 0 Å². The van der Waals surface area contributed by atoms with Crippen LogP contribution in [0.2, 0.25) is 0 Å². The van der Waals surface area contributed by atoms with Gasteiger partial charge in [0, 0.05) is 14.2 Å². The Kier molecular flexibility index (Phi) is 7.87. The van der Waals surface area contributed by atoms with Crippen molar-refractivity contribution in [2.45, 2.75) is 141 Å². The van der Waals surface area contributed by atoms with Crippen LogP contribution in [-0.2, 0) is 31.0 Å². The zero-order chi connectivity index (χ0) is 24.7. The third kappa shape index (κ3) is 3.50. The summed E-state index contributed by atoms with van der Waals surface area (Å²) in [5.74, 6) is 0. The van der Waals surface area contributed by atoms with E-state index in [0.29, 0.717) is 0 Å². The molecular formula is C30H51BO2. The molecule has 0 N–H and O–H groups in total. The first-order valence-corrected chi connectivity index (χ1v) is 14.1. The van der Waals surface area contributed by atoms with E-state index in [9.17, 15) is 0 Å². The Labute approximate surface area is 205 Å². The summed E-state index contributed by atoms with van der Waals surface area (Å²) in [4.78, 5) is 0. The van der Waals surface area contributed by atoms with Crippen molar-refractivity contribution in [2.24, 2.45) is 0 Å². The standard InChI is InChI=1S/C30H51BO2/c1-11-27(12-2)20-29(15-5,16-6)24-22(27)19-23-25(26(24)31(32-9)33-10)30(17-7,18-8)21-28(23,13-3)14-4/h19H,11-18,20-21H2,1-10H3. The minimum atomic E-state index is -0.294. The molecule has 0 heterocycles. The highest BCUT2D eigenvalue weighted by molar-refractivity contribution is 6.62. The maximum Gasteiger partial charge on any atom is 0.494 e. The number of benzene rings is 1. The fourth-order valence-corrected chi connectivity index (χ4v) is 8.38. The molecule has 0 saturated carbocycles. The highest BCUT2D eigenvalue weighted by Gasteiger charge is 2.57. The second-order valence-corrected chi connectivity index (χ2v) is 11.2. The van der Waals surface area contributed by atoms with Gasteiger partial charge in [0.15, 0.2) is 0 Å². The molecule has 0 bridgehead atoms. The third-order valence-electron chi connectivity index (χ3n) is 11.0. The van der Waals surface area contributed by atoms with Crippen molar-refractivity contribution in [3.8, 4) is 0 Å². The quantitative estimate of drug-likeness (QED) is 0.319. The van der Waals surface area contributed by atoms with Gasteiger partial charge < -0.3 is 9.31 Å². The number of hydrogen-bond acceptors (Lipinski definition) is 2. The van der Waals surface area contributed by atoms with Gasteiger partial charge in [0.1, 0.15) is 0 Å². The molecule has 0 unspecified atom stereocenters. The summed E-state index contributed by atoms with van der Waals surface area (Å²) in [6, 6.07) is 2.73. The Morgan fingerprint density at radius 2 is 0.879 bits per heavy atom. The van der Waals surface area contributed by atoms with Gasteiger partial charge in [-0.2, -0.15) is 0 Å². The lowest BCUT2D eigenvalue weighted by Crippen LogP contribution is -2.46. The minimum absolute atomic E-state index is 0.206. The number of hydrogen-bond donors (Lipinski definition) is 0. The zero-order valence-corrected chi connectivity index (χ0v) is 23.5. The molecule has 0 atom stereocenters. The van der Waals surface area contributed by atoms with Gasteiger partial charge in [-0.25, -0.2) is 0 Å². The third-order valence-corrected chi connectivity index (χ3v) is 11.0. The van der Waals surface area contributed by atoms with Crippen LogP contribution in [0.25, 0.3) is 0 Å². The molecule has 1 aromatic carbocycles. The molecule has 1 aromatic rings. The molecule has 2 nitrogen and oxygen atoms in total. The summed E-state index contributed by atoms with van der Waals surface area (Å²) in [6.45, 7) is 19.3. The molecule has 33 heavy (non-hydrogen) atoms. The summed E-state index contributed by atoms with van der Waals surface area (Å²) in [5, 5.41) is 0. The van der Waals surface area contributed by atoms with Crippen LogP contribution < -0.4 is 5.46 Å². The molecule has 0 saturated heterocycles. The summed E-state index contributed by atoms with van der Waals surface area (Å²) in [5.41, 5.74) is 8.85. The lowest BCUT2D eigenvalue weighted by atomic mass is 9.60. The van der Waals surface area contributed by atoms with Crippen molar-refractivity contribution in [1.82, 2.24) is 0 Å². The van der Waals surface area contributed by atoms with Crippen LogP contribution in [-0.4, -0.2) is 21.3 Å². The molecule has 0 fully saturated rings. The van der Waals surface area contributed by atoms with Gasteiger partial charge in [-0.15, -0.1) is 0 Å². The van der Waals surface area contributed by atoms with E-state index in [1.165, 1.54) is 69.7 Å². The number of rotatable bonds is 11. The van der Waals surface area contributed by atoms with Crippen LogP contribution in [0.4, 0.5) is 0 Å². The van der Waals surface area contributed by atoms with E-state index in [0.717, 1.165) is 0 Å². The molecule has 186 valence electrons. The fraction of sp³-hybridized carbons (Fsp3) is 0.800. The molecule has 2 aliphatic carbocycles. The number of fused-ring (bicyclic) bond motifs is 2. The van der Waals surface area contributed by atoms with E-state index in [1.54, 1.807) is 22.3 Å². The Morgan fingerprint density at radius 1 is 0.576 bits per heavy atom. The monoisotopic (exact) mass is 454 g/mol. The molecule has 0 spiro atoms. The lowest BCUT2D eigenvalue weighted by Gasteiger charge is -2.36. The highest BCUT2D eigenvalue weighted by atomic mass is 16.6. The van der Waals surface area contributed by atoms with E-state index in [1.807, 2.05) is 14.2 Å². The van der Waals surface area contributed by atoms with Gasteiger partial charge >= 0.3 is 7.12 Å². The van der Waals surface area contributed by atoms with Crippen molar-refractivity contribution in [3.05, 3.63) is 28.3 Å². The summed E-state index contributed by atoms with van der Waals surface area (Å²) in [7, 11) is 3.38. The van der Waals surface area contributed by atoms with Gasteiger partial charge in [-0.3, -0.25) is 0 Å². The molecule has 0 aliphatic heterocycles. The van der Waals surface area contributed by atoms with E-state index in [2.05, 4.69) is 61.5 Å². The van der Waals surface area contributed by atoms with Crippen molar-refractivity contribution in [1.29, 1.82) is 0 Å². The predicted octanol–water partition coefficient (Wildman–Crippen LogP) is 7.71. The second-order valence-electron chi connectivity index (χ2n) is 11.2. The fourth-order valence-electron chi connectivity index (χ4n) is 8.38. The zero-order valence-electron chi connectivity index (χ0n) is 23.5. The SMILES string of the molecule is CCC1(CC)CC(CC)(CC)c2c1cc1c(c2B(OC)OC)C(CC)(CC)CC1(CC)CC. The summed E-state index contributed by atoms with van der Waals surface area (Å²) >= 11 is 0. The molecule has 0 radical (unpaired) electrons. The van der Waals surface area contributed by atoms with Crippen molar-refractivity contribution >= 4 is 12.6 Å². The Balaban J connectivity index is 2.60. The first-order chi connectivity index (χ1) is 15.8. The Morgan fingerprint density at radius 3 is 1.12 bits per heavy atom. The largest absolute Gasteiger partial charge is 0.494 e. The van der Waals surface area contributed by atoms with Gasteiger partial charge in [0.25, 0.3) is 0 Å². The van der Waals surface area contributed by atoms with Crippen LogP contribution in [0.5, 0.6) is 0 Å². The minimum Gasteiger partial charge on any atom is -0.410 e. The molecule has 0 amide bonds. The van der Waals surface area contributed by atoms with Gasteiger partial charge in [0.05, 0.1) is 0 Å². The van der Waals surface area contributed by atoms with Crippen LogP contribution in [0.3, 0.4) is 0 Å². The van der Waals surface area contributed by atoms with Crippen molar-refractivity contribution in [2.75, 3.05) is 14.2 Å². The first-order valence-electron chi connectivity index (χ1n) is 14.1. The summed E-state index contributed by atoms with van der Waals surface area (Å²) < 4.78 is 12.3. The van der Waals surface area contributed by atoms with Crippen LogP contribution >= 0.6 is 0 Å². The van der Waals surface area contributed by atoms with E-state index in [-0.39, 0.29) is 28.8 Å². The average Bonchev–Trinajstić information content (AvgIpc) is 3.33. The van der Waals surface area contributed by atoms with Crippen molar-refractivity contribution < 1.29 is 9.31 Å². The molecular weight excluding hydrogens is 403 g/mol. The molecule has 0 aromatic heterocycles. The van der Waals surface area contributed by atoms with Crippen LogP contribution in [0.1, 0.15) is 142 Å². The smallest absolute Gasteiger partial charge is 0.410 e. The molecule has 3 rings (SSSR count). The van der Waals surface area contributed by atoms with Crippen LogP contribution in [0, 0.1) is 0 Å². The average molecular weight is 455 g/mol. The highest BCUT2D eigenvalue weighted by Crippen LogP contribution is 2.61. The first kappa shape index (κ1) is 26.8. The van der Waals surface area contributed by atoms with E-state index in [4.69, 9.17) is 9.31 Å². The Hall–Kier alpha value is -0.795.